The van der Waals surface area contributed by atoms with Crippen LogP contribution >= 0.6 is 11.8 Å². The molecule has 0 aliphatic carbocycles. The molecule has 0 bridgehead atoms. The Hall–Kier alpha value is -2.80. The number of esters is 1. The molecule has 0 radical (unpaired) electrons. The molecule has 0 saturated carbocycles. The van der Waals surface area contributed by atoms with Crippen molar-refractivity contribution in [2.24, 2.45) is 0 Å². The number of methoxy groups -OCH3 is 1. The van der Waals surface area contributed by atoms with Crippen molar-refractivity contribution in [2.45, 2.75) is 26.3 Å². The third-order valence-corrected chi connectivity index (χ3v) is 5.00. The molecule has 0 aliphatic rings. The number of aryl methyl sites for hydroxylation is 1. The molecule has 28 heavy (non-hydrogen) atoms. The number of amides is 1. The maximum atomic E-state index is 12.3. The lowest BCUT2D eigenvalue weighted by atomic mass is 10.0. The van der Waals surface area contributed by atoms with Crippen molar-refractivity contribution in [3.05, 3.63) is 65.2 Å². The Morgan fingerprint density at radius 2 is 1.75 bits per heavy atom. The number of hydrogen-bond acceptors (Lipinski definition) is 6. The highest BCUT2D eigenvalue weighted by molar-refractivity contribution is 8.13. The molecule has 0 fully saturated rings. The van der Waals surface area contributed by atoms with Crippen LogP contribution in [-0.2, 0) is 16.0 Å². The summed E-state index contributed by atoms with van der Waals surface area (Å²) in [6.45, 7) is 3.50. The van der Waals surface area contributed by atoms with E-state index in [1.165, 1.54) is 38.3 Å². The summed E-state index contributed by atoms with van der Waals surface area (Å²) in [4.78, 5) is 35.1. The third-order valence-electron chi connectivity index (χ3n) is 4.02. The van der Waals surface area contributed by atoms with Crippen LogP contribution in [0.3, 0.4) is 0 Å². The smallest absolute Gasteiger partial charge is 0.412 e. The second-order valence-corrected chi connectivity index (χ2v) is 7.38. The Bertz CT molecular complexity index is 835. The lowest BCUT2D eigenvalue weighted by Gasteiger charge is -2.19. The standard InChI is InChI=1S/C21H23NO5S/c1-14-6-4-5-7-17(14)12-18(13-28-15(2)23)22-21(25)27-19-10-8-16(9-11-19)20(24)26-3/h4-11,18H,12-13H2,1-3H3,(H,22,25). The number of nitrogens with one attached hydrogen (secondary N) is 1. The van der Waals surface area contributed by atoms with Gasteiger partial charge in [-0.15, -0.1) is 0 Å². The largest absolute Gasteiger partial charge is 0.465 e. The fraction of sp³-hybridized carbons (Fsp3) is 0.286. The van der Waals surface area contributed by atoms with Crippen molar-refractivity contribution in [1.29, 1.82) is 0 Å². The summed E-state index contributed by atoms with van der Waals surface area (Å²) in [7, 11) is 1.30. The number of carbonyl (C=O) groups excluding carboxylic acids is 3. The van der Waals surface area contributed by atoms with Gasteiger partial charge in [0, 0.05) is 18.7 Å². The number of hydrogen-bond donors (Lipinski definition) is 1. The molecule has 0 spiro atoms. The molecular formula is C21H23NO5S. The molecule has 2 aromatic carbocycles. The topological polar surface area (TPSA) is 81.7 Å². The van der Waals surface area contributed by atoms with Crippen molar-refractivity contribution in [2.75, 3.05) is 12.9 Å². The maximum absolute atomic E-state index is 12.3. The predicted octanol–water partition coefficient (Wildman–Crippen LogP) is 3.76. The molecular weight excluding hydrogens is 378 g/mol. The van der Waals surface area contributed by atoms with E-state index >= 15 is 0 Å². The minimum atomic E-state index is -0.617. The van der Waals surface area contributed by atoms with Crippen molar-refractivity contribution < 1.29 is 23.9 Å². The zero-order valence-electron chi connectivity index (χ0n) is 16.1. The van der Waals surface area contributed by atoms with E-state index in [0.717, 1.165) is 22.9 Å². The SMILES string of the molecule is COC(=O)c1ccc(OC(=O)NC(CSC(C)=O)Cc2ccccc2C)cc1. The summed E-state index contributed by atoms with van der Waals surface area (Å²) in [5.74, 6) is 0.287. The molecule has 1 N–H and O–H groups in total. The van der Waals surface area contributed by atoms with Gasteiger partial charge in [-0.25, -0.2) is 9.59 Å². The minimum Gasteiger partial charge on any atom is -0.465 e. The van der Waals surface area contributed by atoms with Crippen LogP contribution in [0.2, 0.25) is 0 Å². The Labute approximate surface area is 168 Å². The molecule has 1 unspecified atom stereocenters. The highest BCUT2D eigenvalue weighted by Crippen LogP contribution is 2.16. The Balaban J connectivity index is 2.01. The number of carbonyl (C=O) groups is 3. The molecule has 2 rings (SSSR count). The van der Waals surface area contributed by atoms with Gasteiger partial charge in [-0.2, -0.15) is 0 Å². The first-order chi connectivity index (χ1) is 13.4. The van der Waals surface area contributed by atoms with Gasteiger partial charge in [0.1, 0.15) is 5.75 Å². The van der Waals surface area contributed by atoms with E-state index < -0.39 is 12.1 Å². The molecule has 148 valence electrons. The zero-order chi connectivity index (χ0) is 20.5. The van der Waals surface area contributed by atoms with Crippen molar-refractivity contribution in [3.63, 3.8) is 0 Å². The summed E-state index contributed by atoms with van der Waals surface area (Å²) < 4.78 is 9.93. The molecule has 6 nitrogen and oxygen atoms in total. The summed E-state index contributed by atoms with van der Waals surface area (Å²) in [6, 6.07) is 13.7. The van der Waals surface area contributed by atoms with E-state index in [4.69, 9.17) is 4.74 Å². The van der Waals surface area contributed by atoms with Crippen molar-refractivity contribution in [3.8, 4) is 5.75 Å². The third kappa shape index (κ3) is 6.74. The Morgan fingerprint density at radius 1 is 1.07 bits per heavy atom. The van der Waals surface area contributed by atoms with Crippen molar-refractivity contribution >= 4 is 28.9 Å². The Morgan fingerprint density at radius 3 is 2.36 bits per heavy atom. The van der Waals surface area contributed by atoms with Crippen LogP contribution in [0.15, 0.2) is 48.5 Å². The first kappa shape index (κ1) is 21.5. The monoisotopic (exact) mass is 401 g/mol. The van der Waals surface area contributed by atoms with E-state index in [1.807, 2.05) is 31.2 Å². The summed E-state index contributed by atoms with van der Waals surface area (Å²) >= 11 is 1.16. The highest BCUT2D eigenvalue weighted by Gasteiger charge is 2.17. The normalized spacial score (nSPS) is 11.4. The number of rotatable bonds is 7. The number of thioether (sulfide) groups is 1. The van der Waals surface area contributed by atoms with Crippen LogP contribution < -0.4 is 10.1 Å². The lowest BCUT2D eigenvalue weighted by Crippen LogP contribution is -2.40. The van der Waals surface area contributed by atoms with E-state index in [2.05, 4.69) is 10.1 Å². The van der Waals surface area contributed by atoms with Crippen LogP contribution in [-0.4, -0.2) is 36.1 Å². The van der Waals surface area contributed by atoms with E-state index in [1.54, 1.807) is 0 Å². The Kier molecular flexibility index (Phi) is 8.07. The lowest BCUT2D eigenvalue weighted by molar-refractivity contribution is -0.109. The number of ether oxygens (including phenoxy) is 2. The quantitative estimate of drug-likeness (QED) is 0.712. The summed E-state index contributed by atoms with van der Waals surface area (Å²) in [5.41, 5.74) is 2.58. The van der Waals surface area contributed by atoms with Crippen LogP contribution in [0.4, 0.5) is 4.79 Å². The van der Waals surface area contributed by atoms with Crippen LogP contribution in [0.1, 0.15) is 28.4 Å². The average Bonchev–Trinajstić information content (AvgIpc) is 2.67. The first-order valence-electron chi connectivity index (χ1n) is 8.73. The average molecular weight is 401 g/mol. The van der Waals surface area contributed by atoms with Gasteiger partial charge in [0.05, 0.1) is 12.7 Å². The van der Waals surface area contributed by atoms with Gasteiger partial charge < -0.3 is 14.8 Å². The zero-order valence-corrected chi connectivity index (χ0v) is 16.9. The van der Waals surface area contributed by atoms with Gasteiger partial charge in [-0.05, 0) is 48.7 Å². The first-order valence-corrected chi connectivity index (χ1v) is 9.72. The van der Waals surface area contributed by atoms with Crippen LogP contribution in [0, 0.1) is 6.92 Å². The fourth-order valence-corrected chi connectivity index (χ4v) is 3.19. The van der Waals surface area contributed by atoms with Gasteiger partial charge in [-0.3, -0.25) is 4.79 Å². The van der Waals surface area contributed by atoms with Gasteiger partial charge >= 0.3 is 12.1 Å². The molecule has 0 aliphatic heterocycles. The summed E-state index contributed by atoms with van der Waals surface area (Å²) in [5, 5.41) is 2.81. The van der Waals surface area contributed by atoms with E-state index in [9.17, 15) is 14.4 Å². The second kappa shape index (κ2) is 10.5. The van der Waals surface area contributed by atoms with Gasteiger partial charge in [0.15, 0.2) is 5.12 Å². The van der Waals surface area contributed by atoms with Gasteiger partial charge in [0.25, 0.3) is 0 Å². The predicted molar refractivity (Wildman–Crippen MR) is 109 cm³/mol. The van der Waals surface area contributed by atoms with Crippen LogP contribution in [0.5, 0.6) is 5.75 Å². The van der Waals surface area contributed by atoms with E-state index in [-0.39, 0.29) is 11.2 Å². The molecule has 0 heterocycles. The summed E-state index contributed by atoms with van der Waals surface area (Å²) in [6.07, 6.45) is -0.0304. The maximum Gasteiger partial charge on any atom is 0.412 e. The van der Waals surface area contributed by atoms with E-state index in [0.29, 0.717) is 23.5 Å². The van der Waals surface area contributed by atoms with Gasteiger partial charge in [0.2, 0.25) is 0 Å². The fourth-order valence-electron chi connectivity index (χ4n) is 2.55. The molecule has 0 saturated heterocycles. The highest BCUT2D eigenvalue weighted by atomic mass is 32.2. The molecule has 1 amide bonds. The molecule has 1 atom stereocenters. The van der Waals surface area contributed by atoms with Crippen molar-refractivity contribution in [1.82, 2.24) is 5.32 Å². The number of benzene rings is 2. The minimum absolute atomic E-state index is 0.0108. The van der Waals surface area contributed by atoms with Gasteiger partial charge in [-0.1, -0.05) is 36.0 Å². The molecule has 7 heteroatoms. The molecule has 2 aromatic rings. The second-order valence-electron chi connectivity index (χ2n) is 6.18. The van der Waals surface area contributed by atoms with Crippen LogP contribution in [0.25, 0.3) is 0 Å². The molecule has 0 aromatic heterocycles.